The van der Waals surface area contributed by atoms with Crippen LogP contribution in [0.2, 0.25) is 0 Å². The first kappa shape index (κ1) is 20.2. The molecule has 0 aliphatic carbocycles. The third-order valence-corrected chi connectivity index (χ3v) is 9.05. The van der Waals surface area contributed by atoms with Crippen LogP contribution in [-0.4, -0.2) is 78.8 Å². The molecule has 0 N–H and O–H groups in total. The maximum absolute atomic E-state index is 13.0. The summed E-state index contributed by atoms with van der Waals surface area (Å²) >= 11 is 0. The van der Waals surface area contributed by atoms with E-state index in [0.29, 0.717) is 31.7 Å². The molecule has 0 radical (unpaired) electrons. The van der Waals surface area contributed by atoms with Crippen LogP contribution >= 0.6 is 0 Å². The Morgan fingerprint density at radius 1 is 1.22 bits per heavy atom. The van der Waals surface area contributed by atoms with Crippen LogP contribution in [-0.2, 0) is 30.4 Å². The van der Waals surface area contributed by atoms with Gasteiger partial charge in [-0.05, 0) is 25.0 Å². The van der Waals surface area contributed by atoms with Gasteiger partial charge < -0.3 is 14.4 Å². The van der Waals surface area contributed by atoms with Crippen LogP contribution in [0.15, 0.2) is 29.2 Å². The summed E-state index contributed by atoms with van der Waals surface area (Å²) in [5, 5.41) is 0. The SMILES string of the molecule is COCCN1C(=O)CS(=O)C12CCN(S(=O)(=O)c1cccc(OC)c1)CC2. The molecule has 1 unspecified atom stereocenters. The van der Waals surface area contributed by atoms with Gasteiger partial charge in [0, 0.05) is 32.8 Å². The average Bonchev–Trinajstić information content (AvgIpc) is 2.90. The van der Waals surface area contributed by atoms with Gasteiger partial charge in [-0.25, -0.2) is 8.42 Å². The molecule has 27 heavy (non-hydrogen) atoms. The van der Waals surface area contributed by atoms with E-state index < -0.39 is 25.7 Å². The van der Waals surface area contributed by atoms with E-state index in [2.05, 4.69) is 0 Å². The Morgan fingerprint density at radius 2 is 1.93 bits per heavy atom. The van der Waals surface area contributed by atoms with Crippen molar-refractivity contribution >= 4 is 26.7 Å². The number of sulfonamides is 1. The first-order chi connectivity index (χ1) is 12.8. The fourth-order valence-corrected chi connectivity index (χ4v) is 6.87. The molecule has 0 saturated carbocycles. The molecule has 2 aliphatic rings. The second kappa shape index (κ2) is 7.86. The van der Waals surface area contributed by atoms with Crippen molar-refractivity contribution in [3.8, 4) is 5.75 Å². The Labute approximate surface area is 161 Å². The van der Waals surface area contributed by atoms with Crippen molar-refractivity contribution in [2.24, 2.45) is 0 Å². The molecule has 0 bridgehead atoms. The summed E-state index contributed by atoms with van der Waals surface area (Å²) in [4.78, 5) is 13.3. The molecule has 3 rings (SSSR count). The minimum Gasteiger partial charge on any atom is -0.497 e. The van der Waals surface area contributed by atoms with Gasteiger partial charge in [0.15, 0.2) is 0 Å². The number of ether oxygens (including phenoxy) is 2. The number of hydrogen-bond donors (Lipinski definition) is 0. The van der Waals surface area contributed by atoms with E-state index >= 15 is 0 Å². The van der Waals surface area contributed by atoms with Gasteiger partial charge in [0.2, 0.25) is 15.9 Å². The Kier molecular flexibility index (Phi) is 5.90. The molecular weight excluding hydrogens is 392 g/mol. The number of carbonyl (C=O) groups is 1. The highest BCUT2D eigenvalue weighted by Gasteiger charge is 2.53. The zero-order chi connectivity index (χ0) is 19.7. The molecule has 2 aliphatic heterocycles. The first-order valence-corrected chi connectivity index (χ1v) is 11.4. The Bertz CT molecular complexity index is 834. The fourth-order valence-electron chi connectivity index (χ4n) is 3.67. The Hall–Kier alpha value is -1.49. The molecule has 1 amide bonds. The lowest BCUT2D eigenvalue weighted by Gasteiger charge is -2.43. The normalized spacial score (nSPS) is 23.1. The van der Waals surface area contributed by atoms with Gasteiger partial charge in [-0.15, -0.1) is 0 Å². The third-order valence-electron chi connectivity index (χ3n) is 5.17. The van der Waals surface area contributed by atoms with Crippen molar-refractivity contribution in [3.63, 3.8) is 0 Å². The lowest BCUT2D eigenvalue weighted by atomic mass is 10.0. The topological polar surface area (TPSA) is 93.2 Å². The van der Waals surface area contributed by atoms with E-state index in [1.54, 1.807) is 24.1 Å². The van der Waals surface area contributed by atoms with Gasteiger partial charge >= 0.3 is 0 Å². The molecular formula is C17H24N2O6S2. The summed E-state index contributed by atoms with van der Waals surface area (Å²) in [7, 11) is -1.99. The summed E-state index contributed by atoms with van der Waals surface area (Å²) in [6.07, 6.45) is 0.691. The quantitative estimate of drug-likeness (QED) is 0.667. The average molecular weight is 417 g/mol. The van der Waals surface area contributed by atoms with E-state index in [9.17, 15) is 17.4 Å². The van der Waals surface area contributed by atoms with Crippen molar-refractivity contribution in [2.45, 2.75) is 22.6 Å². The second-order valence-corrected chi connectivity index (χ2v) is 10.2. The number of amides is 1. The monoisotopic (exact) mass is 416 g/mol. The molecule has 2 saturated heterocycles. The highest BCUT2D eigenvalue weighted by molar-refractivity contribution is 7.89. The number of hydrogen-bond acceptors (Lipinski definition) is 6. The van der Waals surface area contributed by atoms with Crippen LogP contribution in [0.5, 0.6) is 5.75 Å². The zero-order valence-electron chi connectivity index (χ0n) is 15.4. The van der Waals surface area contributed by atoms with Crippen LogP contribution in [0.3, 0.4) is 0 Å². The highest BCUT2D eigenvalue weighted by atomic mass is 32.2. The molecule has 0 aromatic heterocycles. The van der Waals surface area contributed by atoms with E-state index in [1.165, 1.54) is 23.5 Å². The van der Waals surface area contributed by atoms with Gasteiger partial charge in [0.05, 0.1) is 29.4 Å². The molecule has 8 nitrogen and oxygen atoms in total. The largest absolute Gasteiger partial charge is 0.497 e. The minimum absolute atomic E-state index is 0.00759. The van der Waals surface area contributed by atoms with Crippen molar-refractivity contribution in [1.29, 1.82) is 0 Å². The predicted molar refractivity (Wildman–Crippen MR) is 100 cm³/mol. The Morgan fingerprint density at radius 3 is 2.56 bits per heavy atom. The standard InChI is InChI=1S/C17H24N2O6S2/c1-24-11-10-19-16(20)13-26(21)17(19)6-8-18(9-7-17)27(22,23)15-5-3-4-14(12-15)25-2/h3-5,12H,6-11,13H2,1-2H3. The van der Waals surface area contributed by atoms with E-state index in [-0.39, 0.29) is 29.6 Å². The number of rotatable bonds is 6. The number of piperidine rings is 1. The smallest absolute Gasteiger partial charge is 0.243 e. The van der Waals surface area contributed by atoms with Gasteiger partial charge in [-0.2, -0.15) is 4.31 Å². The van der Waals surface area contributed by atoms with Crippen LogP contribution in [0, 0.1) is 0 Å². The molecule has 10 heteroatoms. The van der Waals surface area contributed by atoms with Crippen molar-refractivity contribution in [3.05, 3.63) is 24.3 Å². The molecule has 1 atom stereocenters. The van der Waals surface area contributed by atoms with Crippen molar-refractivity contribution in [1.82, 2.24) is 9.21 Å². The predicted octanol–water partition coefficient (Wildman–Crippen LogP) is 0.413. The molecule has 1 aromatic carbocycles. The number of benzene rings is 1. The summed E-state index contributed by atoms with van der Waals surface area (Å²) < 4.78 is 50.1. The molecule has 2 heterocycles. The van der Waals surface area contributed by atoms with E-state index in [4.69, 9.17) is 9.47 Å². The minimum atomic E-state index is -3.68. The molecule has 1 spiro atoms. The molecule has 2 fully saturated rings. The summed E-state index contributed by atoms with van der Waals surface area (Å²) in [5.41, 5.74) is 0. The van der Waals surface area contributed by atoms with Crippen LogP contribution in [0.4, 0.5) is 0 Å². The van der Waals surface area contributed by atoms with Crippen LogP contribution in [0.1, 0.15) is 12.8 Å². The molecule has 1 aromatic rings. The number of methoxy groups -OCH3 is 2. The van der Waals surface area contributed by atoms with Gasteiger partial charge in [-0.1, -0.05) is 6.07 Å². The van der Waals surface area contributed by atoms with Gasteiger partial charge in [-0.3, -0.25) is 9.00 Å². The number of nitrogens with zero attached hydrogens (tertiary/aromatic N) is 2. The fraction of sp³-hybridized carbons (Fsp3) is 0.588. The van der Waals surface area contributed by atoms with E-state index in [1.807, 2.05) is 0 Å². The van der Waals surface area contributed by atoms with Crippen LogP contribution in [0.25, 0.3) is 0 Å². The lowest BCUT2D eigenvalue weighted by molar-refractivity contribution is -0.131. The van der Waals surface area contributed by atoms with Crippen molar-refractivity contribution in [2.75, 3.05) is 46.2 Å². The molecule has 150 valence electrons. The zero-order valence-corrected chi connectivity index (χ0v) is 17.1. The van der Waals surface area contributed by atoms with E-state index in [0.717, 1.165) is 0 Å². The third kappa shape index (κ3) is 3.63. The lowest BCUT2D eigenvalue weighted by Crippen LogP contribution is -2.56. The summed E-state index contributed by atoms with van der Waals surface area (Å²) in [6, 6.07) is 6.34. The maximum atomic E-state index is 13.0. The second-order valence-electron chi connectivity index (χ2n) is 6.56. The van der Waals surface area contributed by atoms with Gasteiger partial charge in [0.1, 0.15) is 16.4 Å². The van der Waals surface area contributed by atoms with Gasteiger partial charge in [0.25, 0.3) is 0 Å². The number of carbonyl (C=O) groups excluding carboxylic acids is 1. The maximum Gasteiger partial charge on any atom is 0.243 e. The summed E-state index contributed by atoms with van der Waals surface area (Å²) in [5.74, 6) is 0.305. The van der Waals surface area contributed by atoms with Crippen molar-refractivity contribution < 1.29 is 26.9 Å². The highest BCUT2D eigenvalue weighted by Crippen LogP contribution is 2.38. The van der Waals surface area contributed by atoms with Crippen LogP contribution < -0.4 is 4.74 Å². The first-order valence-electron chi connectivity index (χ1n) is 8.67. The Balaban J connectivity index is 1.79. The summed E-state index contributed by atoms with van der Waals surface area (Å²) in [6.45, 7) is 1.14.